The third-order valence-corrected chi connectivity index (χ3v) is 38.2. The molecule has 0 saturated heterocycles. The van der Waals surface area contributed by atoms with Gasteiger partial charge in [-0.25, -0.2) is 39.9 Å². The molecule has 0 spiro atoms. The summed E-state index contributed by atoms with van der Waals surface area (Å²) >= 11 is 14.7. The van der Waals surface area contributed by atoms with Crippen LogP contribution in [0.2, 0.25) is 0 Å². The maximum absolute atomic E-state index is 6.37. The van der Waals surface area contributed by atoms with Crippen LogP contribution in [0.15, 0.2) is 293 Å². The maximum Gasteiger partial charge on any atom is 0.216 e. The summed E-state index contributed by atoms with van der Waals surface area (Å²) in [4.78, 5) is 56.4. The number of rotatable bonds is 31. The zero-order chi connectivity index (χ0) is 97.2. The smallest absolute Gasteiger partial charge is 0.216 e. The van der Waals surface area contributed by atoms with E-state index in [1.165, 1.54) is 29.9 Å². The summed E-state index contributed by atoms with van der Waals surface area (Å²) in [5.41, 5.74) is 25.7. The molecule has 0 aliphatic carbocycles. The Hall–Kier alpha value is -12.9. The fourth-order valence-corrected chi connectivity index (χ4v) is 29.1. The molecule has 144 heavy (non-hydrogen) atoms. The second kappa shape index (κ2) is 40.6. The summed E-state index contributed by atoms with van der Waals surface area (Å²) in [6.07, 6.45) is 7.34. The first-order valence-corrected chi connectivity index (χ1v) is 57.0. The standard InChI is InChI=1S/C120H106N8O8S8/c1-9-84-58-129-113(121-84)75-33-17-67(18-34-75)83-51-99(138-66-83)107-93(69-21-37-77(38-22-69)115-123-86(11-3)60-131-115)53-101(140-107)109-95(71-25-41-79(42-26-71)117-125-88(13-5)62-133-117)55-103(142-109)111-97(73-29-45-81(46-30-73)119-127-90(15-7)64-135-119)57-105(144-111)112-98(74-31-47-82(48-32-74)120-128-91(16-8)65-136-120)56-104(143-112)110-96(72-27-43-80(44-28-72)118-126-89(14-6)63-134-118)54-102(141-110)108-94(70-23-39-78(40-24-70)116-124-87(12-4)61-132-116)52-100(139-108)106-92(49-50-137-106)68-19-35-76(36-20-68)114-122-85(10-2)59-130-114/h17-57,66,84-91H,9-16,58-65H2,1-8H3/t84-,85-,86-,87-,88-,89-,90-,91-/m1/s1. The lowest BCUT2D eigenvalue weighted by Crippen LogP contribution is -2.03. The minimum atomic E-state index is 0.111. The topological polar surface area (TPSA) is 173 Å². The molecule has 24 heteroatoms. The van der Waals surface area contributed by atoms with E-state index in [2.05, 4.69) is 309 Å². The number of hydrogen-bond acceptors (Lipinski definition) is 24. The third-order valence-electron chi connectivity index (χ3n) is 28.3. The zero-order valence-corrected chi connectivity index (χ0v) is 87.8. The van der Waals surface area contributed by atoms with Crippen molar-refractivity contribution in [2.24, 2.45) is 39.9 Å². The van der Waals surface area contributed by atoms with Crippen molar-refractivity contribution in [3.63, 3.8) is 0 Å². The molecule has 24 rings (SSSR count). The van der Waals surface area contributed by atoms with Gasteiger partial charge in [0.05, 0.1) is 82.5 Å². The lowest BCUT2D eigenvalue weighted by atomic mass is 9.99. The average molecular weight is 2040 g/mol. The zero-order valence-electron chi connectivity index (χ0n) is 81.3. The van der Waals surface area contributed by atoms with Gasteiger partial charge >= 0.3 is 0 Å². The highest BCUT2D eigenvalue weighted by atomic mass is 32.1. The molecule has 8 aromatic carbocycles. The Morgan fingerprint density at radius 2 is 0.354 bits per heavy atom. The molecule has 0 bridgehead atoms. The Morgan fingerprint density at radius 3 is 0.549 bits per heavy atom. The molecule has 8 atom stereocenters. The van der Waals surface area contributed by atoms with Gasteiger partial charge < -0.3 is 37.9 Å². The van der Waals surface area contributed by atoms with Gasteiger partial charge in [-0.2, -0.15) is 0 Å². The van der Waals surface area contributed by atoms with E-state index in [9.17, 15) is 0 Å². The van der Waals surface area contributed by atoms with Crippen LogP contribution >= 0.6 is 90.7 Å². The van der Waals surface area contributed by atoms with E-state index in [0.29, 0.717) is 94.1 Å². The van der Waals surface area contributed by atoms with Gasteiger partial charge in [0.1, 0.15) is 52.9 Å². The highest BCUT2D eigenvalue weighted by Gasteiger charge is 2.34. The van der Waals surface area contributed by atoms with Crippen LogP contribution < -0.4 is 0 Å². The van der Waals surface area contributed by atoms with Gasteiger partial charge in [0.15, 0.2) is 0 Å². The molecular weight excluding hydrogens is 1940 g/mol. The Bertz CT molecular complexity index is 7770. The molecule has 16 aromatic rings. The highest BCUT2D eigenvalue weighted by molar-refractivity contribution is 7.32. The molecule has 8 aliphatic heterocycles. The largest absolute Gasteiger partial charge is 0.475 e. The van der Waals surface area contributed by atoms with Gasteiger partial charge in [0, 0.05) is 118 Å². The highest BCUT2D eigenvalue weighted by Crippen LogP contribution is 2.60. The van der Waals surface area contributed by atoms with Gasteiger partial charge in [-0.1, -0.05) is 152 Å². The molecule has 0 saturated carbocycles. The van der Waals surface area contributed by atoms with E-state index >= 15 is 0 Å². The number of thiophene rings is 8. The predicted octanol–water partition coefficient (Wildman–Crippen LogP) is 31.6. The first-order valence-electron chi connectivity index (χ1n) is 50.3. The van der Waals surface area contributed by atoms with Crippen molar-refractivity contribution in [1.29, 1.82) is 0 Å². The molecule has 0 fully saturated rings. The Morgan fingerprint density at radius 1 is 0.181 bits per heavy atom. The van der Waals surface area contributed by atoms with Crippen LogP contribution in [0.3, 0.4) is 0 Å². The van der Waals surface area contributed by atoms with E-state index in [4.69, 9.17) is 77.8 Å². The van der Waals surface area contributed by atoms with E-state index < -0.39 is 0 Å². The van der Waals surface area contributed by atoms with Crippen molar-refractivity contribution in [2.45, 2.75) is 155 Å². The van der Waals surface area contributed by atoms with Crippen LogP contribution in [0.5, 0.6) is 0 Å². The Balaban J connectivity index is 0.691. The van der Waals surface area contributed by atoms with Crippen molar-refractivity contribution in [1.82, 2.24) is 0 Å². The molecular formula is C120H106N8O8S8. The van der Waals surface area contributed by atoms with Crippen LogP contribution in [0.25, 0.3) is 157 Å². The summed E-state index contributed by atoms with van der Waals surface area (Å²) < 4.78 is 50.2. The quantitative estimate of drug-likeness (QED) is 0.0413. The average Bonchev–Trinajstić information content (AvgIpc) is 1.58. The minimum Gasteiger partial charge on any atom is -0.475 e. The fraction of sp³-hybridized carbons (Fsp3) is 0.267. The number of ether oxygens (including phenoxy) is 8. The second-order valence-electron chi connectivity index (χ2n) is 37.6. The SMILES string of the molecule is CC[C@@H]1COC(c2ccc(-c3csc(-c4sc(-c5sc(-c6sc(-c7sc(-c8sc(-c9sc(-c%10sccc%10-c%10ccc(C%11=N[C@H](CC)CO%11)cc%10)cc9-c9ccc(C%10=N[C@H](CC)CO%10)cc9)cc8-c8ccc(C9=N[C@H](CC)CO9)cc8)cc7-c7ccc(C8=N[C@H](CC)CO8)cc7)cc6-c6ccc(C7=N[C@H](CC)CO7)cc6)cc5-c5ccc(C6=N[C@H](CC)CO6)cc5)cc4-c4ccc(C5=N[C@H](CC)CO5)cc4)c3)cc2)=N1. The molecule has 16 heterocycles. The predicted molar refractivity (Wildman–Crippen MR) is 604 cm³/mol. The minimum absolute atomic E-state index is 0.111. The summed E-state index contributed by atoms with van der Waals surface area (Å²) in [6, 6.07) is 91.4. The number of benzene rings is 8. The molecule has 0 radical (unpaired) electrons. The van der Waals surface area contributed by atoms with Gasteiger partial charge in [-0.15, -0.1) is 90.7 Å². The summed E-state index contributed by atoms with van der Waals surface area (Å²) in [6.45, 7) is 22.1. The van der Waals surface area contributed by atoms with Crippen molar-refractivity contribution in [3.05, 3.63) is 298 Å². The van der Waals surface area contributed by atoms with Crippen LogP contribution in [-0.2, 0) is 37.9 Å². The van der Waals surface area contributed by atoms with Crippen LogP contribution in [0.4, 0.5) is 0 Å². The molecule has 0 unspecified atom stereocenters. The van der Waals surface area contributed by atoms with Crippen LogP contribution in [0, 0.1) is 0 Å². The van der Waals surface area contributed by atoms with Gasteiger partial charge in [0.25, 0.3) is 0 Å². The first kappa shape index (κ1) is 93.5. The lowest BCUT2D eigenvalue weighted by Gasteiger charge is -2.06. The summed E-state index contributed by atoms with van der Waals surface area (Å²) in [5.74, 6) is 5.58. The molecule has 16 nitrogen and oxygen atoms in total. The molecule has 8 aliphatic rings. The third kappa shape index (κ3) is 18.5. The molecule has 0 N–H and O–H groups in total. The van der Waals surface area contributed by atoms with Crippen LogP contribution in [-0.4, -0.2) is 148 Å². The number of aliphatic imine (C=N–C) groups is 8. The molecule has 0 amide bonds. The van der Waals surface area contributed by atoms with Gasteiger partial charge in [0.2, 0.25) is 47.2 Å². The van der Waals surface area contributed by atoms with E-state index in [1.54, 1.807) is 22.7 Å². The van der Waals surface area contributed by atoms with E-state index in [0.717, 1.165) is 229 Å². The number of nitrogens with zero attached hydrogens (tertiary/aromatic N) is 8. The summed E-state index contributed by atoms with van der Waals surface area (Å²) in [7, 11) is 0. The van der Waals surface area contributed by atoms with Gasteiger partial charge in [-0.05, 0) is 258 Å². The maximum atomic E-state index is 6.37. The molecule has 722 valence electrons. The van der Waals surface area contributed by atoms with Gasteiger partial charge in [-0.3, -0.25) is 0 Å². The lowest BCUT2D eigenvalue weighted by molar-refractivity contribution is 0.315. The normalized spacial score (nSPS) is 19.5. The van der Waals surface area contributed by atoms with Crippen molar-refractivity contribution < 1.29 is 37.9 Å². The monoisotopic (exact) mass is 2040 g/mol. The summed E-state index contributed by atoms with van der Waals surface area (Å²) in [5, 5.41) is 4.53. The van der Waals surface area contributed by atoms with E-state index in [-0.39, 0.29) is 48.3 Å². The first-order chi connectivity index (χ1) is 70.8. The van der Waals surface area contributed by atoms with E-state index in [1.807, 2.05) is 68.0 Å². The van der Waals surface area contributed by atoms with Crippen LogP contribution in [0.1, 0.15) is 151 Å². The fourth-order valence-electron chi connectivity index (χ4n) is 19.3. The second-order valence-corrected chi connectivity index (χ2v) is 45.7. The Kier molecular flexibility index (Phi) is 26.4. The number of hydrogen-bond donors (Lipinski definition) is 0. The van der Waals surface area contributed by atoms with Crippen molar-refractivity contribution >= 4 is 138 Å². The van der Waals surface area contributed by atoms with Crippen molar-refractivity contribution in [3.8, 4) is 157 Å². The van der Waals surface area contributed by atoms with Crippen molar-refractivity contribution in [2.75, 3.05) is 52.9 Å². The molecule has 8 aromatic heterocycles. The Labute approximate surface area is 871 Å².